The summed E-state index contributed by atoms with van der Waals surface area (Å²) in [5.74, 6) is -0.176. The Morgan fingerprint density at radius 2 is 1.88 bits per heavy atom. The molecule has 0 saturated carbocycles. The van der Waals surface area contributed by atoms with Gasteiger partial charge in [-0.25, -0.2) is 0 Å². The molecule has 132 valence electrons. The van der Waals surface area contributed by atoms with Crippen molar-refractivity contribution in [2.24, 2.45) is 0 Å². The van der Waals surface area contributed by atoms with E-state index in [9.17, 15) is 20.1 Å². The van der Waals surface area contributed by atoms with Gasteiger partial charge in [-0.15, -0.1) is 0 Å². The highest BCUT2D eigenvalue weighted by atomic mass is 16.7. The maximum absolute atomic E-state index is 11.3. The van der Waals surface area contributed by atoms with E-state index in [1.807, 2.05) is 0 Å². The summed E-state index contributed by atoms with van der Waals surface area (Å²) in [6, 6.07) is 4.70. The van der Waals surface area contributed by atoms with Crippen molar-refractivity contribution in [1.29, 1.82) is 0 Å². The third-order valence-corrected chi connectivity index (χ3v) is 3.68. The van der Waals surface area contributed by atoms with Crippen LogP contribution in [0.25, 0.3) is 0 Å². The number of benzene rings is 1. The molecule has 0 aromatic heterocycles. The van der Waals surface area contributed by atoms with Gasteiger partial charge in [-0.2, -0.15) is 0 Å². The zero-order chi connectivity index (χ0) is 17.9. The molecule has 1 aliphatic heterocycles. The Morgan fingerprint density at radius 1 is 1.25 bits per heavy atom. The monoisotopic (exact) mass is 341 g/mol. The van der Waals surface area contributed by atoms with E-state index in [1.165, 1.54) is 31.2 Å². The zero-order valence-electron chi connectivity index (χ0n) is 12.9. The summed E-state index contributed by atoms with van der Waals surface area (Å²) >= 11 is 0. The molecule has 1 aromatic carbocycles. The number of rotatable bonds is 5. The maximum atomic E-state index is 11.3. The van der Waals surface area contributed by atoms with Gasteiger partial charge in [0.1, 0.15) is 30.1 Å². The fourth-order valence-corrected chi connectivity index (χ4v) is 2.42. The standard InChI is InChI=1S/C14H20BNO8/c1-7(18)16-11-13(20)12(19)10(6-17)24-14(11)23-9-4-2-8(3-5-9)15(21)22/h2-5,10-14,17,19-22H,6H2,1H3,(H,16,18)/t10?,11?,12-,13?,14-/m1/s1. The van der Waals surface area contributed by atoms with Gasteiger partial charge in [-0.3, -0.25) is 4.79 Å². The third-order valence-electron chi connectivity index (χ3n) is 3.68. The Morgan fingerprint density at radius 3 is 2.38 bits per heavy atom. The lowest BCUT2D eigenvalue weighted by molar-refractivity contribution is -0.244. The molecule has 3 unspecified atom stereocenters. The van der Waals surface area contributed by atoms with Crippen LogP contribution in [0.4, 0.5) is 0 Å². The predicted octanol–water partition coefficient (Wildman–Crippen LogP) is -3.31. The van der Waals surface area contributed by atoms with Crippen LogP contribution in [-0.4, -0.2) is 75.6 Å². The SMILES string of the molecule is CC(=O)NC1C(O)[C@H](O)C(CO)O[C@H]1Oc1ccc(B(O)O)cc1. The third kappa shape index (κ3) is 4.23. The molecule has 5 atom stereocenters. The number of carbonyl (C=O) groups is 1. The molecule has 9 nitrogen and oxygen atoms in total. The number of aliphatic hydroxyl groups excluding tert-OH is 3. The number of hydrogen-bond acceptors (Lipinski definition) is 8. The van der Waals surface area contributed by atoms with Crippen LogP contribution >= 0.6 is 0 Å². The van der Waals surface area contributed by atoms with E-state index in [4.69, 9.17) is 19.5 Å². The lowest BCUT2D eigenvalue weighted by atomic mass is 9.80. The minimum absolute atomic E-state index is 0.258. The van der Waals surface area contributed by atoms with Crippen molar-refractivity contribution in [1.82, 2.24) is 5.32 Å². The number of nitrogens with one attached hydrogen (secondary N) is 1. The van der Waals surface area contributed by atoms with Gasteiger partial charge in [0.15, 0.2) is 0 Å². The summed E-state index contributed by atoms with van der Waals surface area (Å²) in [4.78, 5) is 11.3. The molecule has 1 aliphatic rings. The Bertz CT molecular complexity index is 554. The van der Waals surface area contributed by atoms with E-state index < -0.39 is 50.3 Å². The van der Waals surface area contributed by atoms with Crippen LogP contribution in [-0.2, 0) is 9.53 Å². The van der Waals surface area contributed by atoms with Crippen LogP contribution in [0.3, 0.4) is 0 Å². The number of aliphatic hydroxyl groups is 3. The van der Waals surface area contributed by atoms with Gasteiger partial charge < -0.3 is 40.2 Å². The molecule has 2 rings (SSSR count). The zero-order valence-corrected chi connectivity index (χ0v) is 12.9. The summed E-state index contributed by atoms with van der Waals surface area (Å²) < 4.78 is 11.0. The van der Waals surface area contributed by atoms with Gasteiger partial charge in [-0.05, 0) is 17.6 Å². The minimum atomic E-state index is -1.62. The van der Waals surface area contributed by atoms with E-state index in [2.05, 4.69) is 5.32 Å². The van der Waals surface area contributed by atoms with Crippen LogP contribution in [0.15, 0.2) is 24.3 Å². The topological polar surface area (TPSA) is 149 Å². The van der Waals surface area contributed by atoms with Gasteiger partial charge in [0, 0.05) is 6.92 Å². The molecule has 1 saturated heterocycles. The summed E-state index contributed by atoms with van der Waals surface area (Å²) in [6.45, 7) is 0.701. The van der Waals surface area contributed by atoms with Crippen molar-refractivity contribution in [3.05, 3.63) is 24.3 Å². The van der Waals surface area contributed by atoms with E-state index >= 15 is 0 Å². The first-order chi connectivity index (χ1) is 11.3. The molecule has 0 bridgehead atoms. The lowest BCUT2D eigenvalue weighted by Crippen LogP contribution is -2.65. The molecule has 1 heterocycles. The minimum Gasteiger partial charge on any atom is -0.463 e. The Kier molecular flexibility index (Phi) is 6.16. The van der Waals surface area contributed by atoms with Crippen LogP contribution in [0, 0.1) is 0 Å². The first-order valence-electron chi connectivity index (χ1n) is 7.35. The van der Waals surface area contributed by atoms with Crippen molar-refractivity contribution in [2.75, 3.05) is 6.61 Å². The van der Waals surface area contributed by atoms with Crippen molar-refractivity contribution in [2.45, 2.75) is 37.6 Å². The number of carbonyl (C=O) groups excluding carboxylic acids is 1. The quantitative estimate of drug-likeness (QED) is 0.305. The number of amides is 1. The van der Waals surface area contributed by atoms with Gasteiger partial charge in [-0.1, -0.05) is 12.1 Å². The molecule has 0 aliphatic carbocycles. The fraction of sp³-hybridized carbons (Fsp3) is 0.500. The smallest absolute Gasteiger partial charge is 0.463 e. The van der Waals surface area contributed by atoms with Gasteiger partial charge in [0.2, 0.25) is 12.2 Å². The van der Waals surface area contributed by atoms with E-state index in [0.29, 0.717) is 0 Å². The van der Waals surface area contributed by atoms with E-state index in [0.717, 1.165) is 0 Å². The molecule has 1 aromatic rings. The molecular weight excluding hydrogens is 321 g/mol. The maximum Gasteiger partial charge on any atom is 0.488 e. The molecule has 24 heavy (non-hydrogen) atoms. The second-order valence-corrected chi connectivity index (χ2v) is 5.49. The Balaban J connectivity index is 2.17. The molecular formula is C14H20BNO8. The summed E-state index contributed by atoms with van der Waals surface area (Å²) in [7, 11) is -1.62. The van der Waals surface area contributed by atoms with Crippen molar-refractivity contribution in [3.63, 3.8) is 0 Å². The molecule has 1 amide bonds. The molecule has 6 N–H and O–H groups in total. The average molecular weight is 341 g/mol. The predicted molar refractivity (Wildman–Crippen MR) is 82.3 cm³/mol. The lowest BCUT2D eigenvalue weighted by Gasteiger charge is -2.42. The highest BCUT2D eigenvalue weighted by Crippen LogP contribution is 2.24. The van der Waals surface area contributed by atoms with Crippen molar-refractivity contribution in [3.8, 4) is 5.75 Å². The first kappa shape index (κ1) is 18.7. The van der Waals surface area contributed by atoms with Gasteiger partial charge in [0.25, 0.3) is 0 Å². The van der Waals surface area contributed by atoms with Crippen LogP contribution in [0.5, 0.6) is 5.75 Å². The average Bonchev–Trinajstić information content (AvgIpc) is 2.54. The van der Waals surface area contributed by atoms with Crippen LogP contribution in [0.2, 0.25) is 0 Å². The molecule has 0 radical (unpaired) electrons. The van der Waals surface area contributed by atoms with E-state index in [1.54, 1.807) is 0 Å². The van der Waals surface area contributed by atoms with E-state index in [-0.39, 0.29) is 11.2 Å². The van der Waals surface area contributed by atoms with Crippen LogP contribution < -0.4 is 15.5 Å². The van der Waals surface area contributed by atoms with Crippen molar-refractivity contribution < 1.29 is 39.6 Å². The number of ether oxygens (including phenoxy) is 2. The molecule has 0 spiro atoms. The summed E-state index contributed by atoms with van der Waals surface area (Å²) in [6.07, 6.45) is -5.02. The Labute approximate surface area is 138 Å². The Hall–Kier alpha value is -1.69. The molecule has 10 heteroatoms. The second kappa shape index (κ2) is 7.93. The second-order valence-electron chi connectivity index (χ2n) is 5.49. The highest BCUT2D eigenvalue weighted by molar-refractivity contribution is 6.58. The summed E-state index contributed by atoms with van der Waals surface area (Å²) in [5, 5.41) is 49.9. The van der Waals surface area contributed by atoms with Gasteiger partial charge in [0.05, 0.1) is 6.61 Å². The first-order valence-corrected chi connectivity index (χ1v) is 7.35. The normalized spacial score (nSPS) is 29.8. The van der Waals surface area contributed by atoms with Gasteiger partial charge >= 0.3 is 7.12 Å². The summed E-state index contributed by atoms with van der Waals surface area (Å²) in [5.41, 5.74) is 0.258. The van der Waals surface area contributed by atoms with Crippen LogP contribution in [0.1, 0.15) is 6.92 Å². The highest BCUT2D eigenvalue weighted by Gasteiger charge is 2.46. The largest absolute Gasteiger partial charge is 0.488 e. The van der Waals surface area contributed by atoms with Crippen molar-refractivity contribution >= 4 is 18.5 Å². The number of hydrogen-bond donors (Lipinski definition) is 6. The fourth-order valence-electron chi connectivity index (χ4n) is 2.42. The molecule has 1 fully saturated rings.